The van der Waals surface area contributed by atoms with E-state index in [1.807, 2.05) is 18.2 Å². The van der Waals surface area contributed by atoms with E-state index >= 15 is 0 Å². The molecular formula is C13H16N2O2. The lowest BCUT2D eigenvalue weighted by molar-refractivity contribution is 0.419. The number of methoxy groups -OCH3 is 1. The average molecular weight is 232 g/mol. The summed E-state index contributed by atoms with van der Waals surface area (Å²) >= 11 is 0. The van der Waals surface area contributed by atoms with Gasteiger partial charge in [0.25, 0.3) is 0 Å². The molecule has 1 saturated heterocycles. The second kappa shape index (κ2) is 4.04. The van der Waals surface area contributed by atoms with Crippen LogP contribution in [0.3, 0.4) is 0 Å². The highest BCUT2D eigenvalue weighted by Gasteiger charge is 2.29. The zero-order chi connectivity index (χ0) is 11.8. The molecule has 0 bridgehead atoms. The number of oxazole rings is 1. The van der Waals surface area contributed by atoms with E-state index in [4.69, 9.17) is 9.15 Å². The number of ether oxygens (including phenoxy) is 1. The van der Waals surface area contributed by atoms with E-state index in [-0.39, 0.29) is 0 Å². The lowest BCUT2D eigenvalue weighted by Crippen LogP contribution is -2.21. The van der Waals surface area contributed by atoms with Crippen molar-refractivity contribution in [2.75, 3.05) is 13.7 Å². The van der Waals surface area contributed by atoms with Crippen LogP contribution in [-0.2, 0) is 0 Å². The second-order valence-corrected chi connectivity index (χ2v) is 4.50. The van der Waals surface area contributed by atoms with Gasteiger partial charge in [-0.2, -0.15) is 0 Å². The smallest absolute Gasteiger partial charge is 0.200 e. The quantitative estimate of drug-likeness (QED) is 0.863. The van der Waals surface area contributed by atoms with E-state index in [1.165, 1.54) is 0 Å². The molecule has 0 spiro atoms. The van der Waals surface area contributed by atoms with Crippen LogP contribution in [0.1, 0.15) is 25.2 Å². The van der Waals surface area contributed by atoms with E-state index in [2.05, 4.69) is 17.2 Å². The minimum atomic E-state index is 0.368. The molecule has 0 radical (unpaired) electrons. The Labute approximate surface area is 100.0 Å². The Hall–Kier alpha value is -1.55. The molecule has 4 heteroatoms. The number of nitrogens with one attached hydrogen (secondary N) is 1. The van der Waals surface area contributed by atoms with Gasteiger partial charge in [-0.1, -0.05) is 6.07 Å². The number of fused-ring (bicyclic) bond motifs is 1. The Kier molecular flexibility index (Phi) is 2.52. The zero-order valence-electron chi connectivity index (χ0n) is 10.1. The summed E-state index contributed by atoms with van der Waals surface area (Å²) in [5.41, 5.74) is 1.63. The lowest BCUT2D eigenvalue weighted by Gasteiger charge is -2.09. The van der Waals surface area contributed by atoms with Crippen molar-refractivity contribution in [1.82, 2.24) is 10.3 Å². The van der Waals surface area contributed by atoms with Crippen molar-refractivity contribution in [1.29, 1.82) is 0 Å². The van der Waals surface area contributed by atoms with Crippen LogP contribution in [0.5, 0.6) is 5.75 Å². The zero-order valence-corrected chi connectivity index (χ0v) is 10.1. The van der Waals surface area contributed by atoms with Crippen LogP contribution in [0, 0.1) is 0 Å². The molecule has 2 unspecified atom stereocenters. The van der Waals surface area contributed by atoms with Gasteiger partial charge in [0.15, 0.2) is 17.0 Å². The Morgan fingerprint density at radius 2 is 2.35 bits per heavy atom. The van der Waals surface area contributed by atoms with Gasteiger partial charge in [-0.05, 0) is 32.0 Å². The highest BCUT2D eigenvalue weighted by atomic mass is 16.5. The summed E-state index contributed by atoms with van der Waals surface area (Å²) < 4.78 is 11.1. The molecule has 2 aromatic rings. The first kappa shape index (κ1) is 10.6. The maximum atomic E-state index is 5.83. The molecule has 1 aromatic carbocycles. The molecule has 1 aliphatic rings. The fourth-order valence-corrected chi connectivity index (χ4v) is 2.46. The van der Waals surface area contributed by atoms with E-state index in [1.54, 1.807) is 7.11 Å². The van der Waals surface area contributed by atoms with E-state index in [0.29, 0.717) is 12.0 Å². The van der Waals surface area contributed by atoms with E-state index < -0.39 is 0 Å². The van der Waals surface area contributed by atoms with Crippen molar-refractivity contribution < 1.29 is 9.15 Å². The number of aromatic nitrogens is 1. The van der Waals surface area contributed by atoms with Crippen LogP contribution >= 0.6 is 0 Å². The van der Waals surface area contributed by atoms with Gasteiger partial charge in [-0.15, -0.1) is 0 Å². The van der Waals surface area contributed by atoms with Gasteiger partial charge in [0.05, 0.1) is 13.0 Å². The van der Waals surface area contributed by atoms with Crippen LogP contribution < -0.4 is 10.1 Å². The monoisotopic (exact) mass is 232 g/mol. The summed E-state index contributed by atoms with van der Waals surface area (Å²) in [6.45, 7) is 3.20. The third-order valence-corrected chi connectivity index (χ3v) is 3.46. The van der Waals surface area contributed by atoms with Crippen molar-refractivity contribution in [2.45, 2.75) is 25.3 Å². The first-order chi connectivity index (χ1) is 8.29. The number of para-hydroxylation sites is 1. The van der Waals surface area contributed by atoms with Gasteiger partial charge >= 0.3 is 0 Å². The SMILES string of the molecule is COc1cccc2oc(C3CCNC3C)nc12. The number of nitrogens with zero attached hydrogens (tertiary/aromatic N) is 1. The van der Waals surface area contributed by atoms with Crippen LogP contribution in [0.15, 0.2) is 22.6 Å². The molecule has 2 heterocycles. The largest absolute Gasteiger partial charge is 0.494 e. The number of hydrogen-bond donors (Lipinski definition) is 1. The van der Waals surface area contributed by atoms with Gasteiger partial charge in [-0.25, -0.2) is 4.98 Å². The van der Waals surface area contributed by atoms with Gasteiger partial charge in [0.1, 0.15) is 5.75 Å². The molecule has 90 valence electrons. The van der Waals surface area contributed by atoms with Crippen LogP contribution in [-0.4, -0.2) is 24.7 Å². The Morgan fingerprint density at radius 1 is 1.47 bits per heavy atom. The molecular weight excluding hydrogens is 216 g/mol. The predicted octanol–water partition coefficient (Wildman–Crippen LogP) is 2.30. The molecule has 2 atom stereocenters. The second-order valence-electron chi connectivity index (χ2n) is 4.50. The van der Waals surface area contributed by atoms with Crippen molar-refractivity contribution in [2.24, 2.45) is 0 Å². The highest BCUT2D eigenvalue weighted by molar-refractivity contribution is 5.79. The molecule has 0 amide bonds. The molecule has 1 aromatic heterocycles. The molecule has 1 fully saturated rings. The Balaban J connectivity index is 2.07. The first-order valence-corrected chi connectivity index (χ1v) is 5.96. The first-order valence-electron chi connectivity index (χ1n) is 5.96. The molecule has 4 nitrogen and oxygen atoms in total. The fraction of sp³-hybridized carbons (Fsp3) is 0.462. The average Bonchev–Trinajstić information content (AvgIpc) is 2.93. The number of rotatable bonds is 2. The molecule has 0 aliphatic carbocycles. The minimum absolute atomic E-state index is 0.368. The van der Waals surface area contributed by atoms with Crippen LogP contribution in [0.25, 0.3) is 11.1 Å². The highest BCUT2D eigenvalue weighted by Crippen LogP contribution is 2.32. The van der Waals surface area contributed by atoms with Gasteiger partial charge in [0.2, 0.25) is 0 Å². The molecule has 1 aliphatic heterocycles. The van der Waals surface area contributed by atoms with Crippen molar-refractivity contribution in [3.63, 3.8) is 0 Å². The molecule has 0 saturated carbocycles. The predicted molar refractivity (Wildman–Crippen MR) is 65.4 cm³/mol. The van der Waals surface area contributed by atoms with Crippen molar-refractivity contribution in [3.8, 4) is 5.75 Å². The fourth-order valence-electron chi connectivity index (χ4n) is 2.46. The van der Waals surface area contributed by atoms with Crippen LogP contribution in [0.4, 0.5) is 0 Å². The Bertz CT molecular complexity index is 535. The van der Waals surface area contributed by atoms with Crippen molar-refractivity contribution in [3.05, 3.63) is 24.1 Å². The maximum Gasteiger partial charge on any atom is 0.200 e. The van der Waals surface area contributed by atoms with Gasteiger partial charge < -0.3 is 14.5 Å². The van der Waals surface area contributed by atoms with Gasteiger partial charge in [-0.3, -0.25) is 0 Å². The van der Waals surface area contributed by atoms with Gasteiger partial charge in [0, 0.05) is 6.04 Å². The summed E-state index contributed by atoms with van der Waals surface area (Å²) in [4.78, 5) is 4.58. The maximum absolute atomic E-state index is 5.83. The molecule has 1 N–H and O–H groups in total. The Morgan fingerprint density at radius 3 is 3.06 bits per heavy atom. The lowest BCUT2D eigenvalue weighted by atomic mass is 10.0. The van der Waals surface area contributed by atoms with Crippen LogP contribution in [0.2, 0.25) is 0 Å². The number of benzene rings is 1. The summed E-state index contributed by atoms with van der Waals surface area (Å²) in [5, 5.41) is 3.41. The van der Waals surface area contributed by atoms with E-state index in [0.717, 1.165) is 35.7 Å². The molecule has 3 rings (SSSR count). The third kappa shape index (κ3) is 1.69. The van der Waals surface area contributed by atoms with E-state index in [9.17, 15) is 0 Å². The summed E-state index contributed by atoms with van der Waals surface area (Å²) in [7, 11) is 1.66. The summed E-state index contributed by atoms with van der Waals surface area (Å²) in [5.74, 6) is 1.96. The summed E-state index contributed by atoms with van der Waals surface area (Å²) in [6.07, 6.45) is 1.08. The minimum Gasteiger partial charge on any atom is -0.494 e. The van der Waals surface area contributed by atoms with Crippen molar-refractivity contribution >= 4 is 11.1 Å². The summed E-state index contributed by atoms with van der Waals surface area (Å²) in [6, 6.07) is 6.19. The normalized spacial score (nSPS) is 24.4. The standard InChI is InChI=1S/C13H16N2O2/c1-8-9(6-7-14-8)13-15-12-10(16-2)4-3-5-11(12)17-13/h3-5,8-9,14H,6-7H2,1-2H3. The molecule has 17 heavy (non-hydrogen) atoms. The number of hydrogen-bond acceptors (Lipinski definition) is 4. The topological polar surface area (TPSA) is 47.3 Å². The third-order valence-electron chi connectivity index (χ3n) is 3.46.